The Morgan fingerprint density at radius 2 is 1.63 bits per heavy atom. The molecule has 4 atom stereocenters. The minimum absolute atomic E-state index is 0.0252. The van der Waals surface area contributed by atoms with Gasteiger partial charge < -0.3 is 34.5 Å². The lowest BCUT2D eigenvalue weighted by molar-refractivity contribution is -0.252. The lowest BCUT2D eigenvalue weighted by atomic mass is 10.00. The van der Waals surface area contributed by atoms with Gasteiger partial charge >= 0.3 is 12.0 Å². The Morgan fingerprint density at radius 1 is 0.913 bits per heavy atom. The summed E-state index contributed by atoms with van der Waals surface area (Å²) in [5, 5.41) is 15.0. The first-order valence-corrected chi connectivity index (χ1v) is 15.2. The molecular formula is C36H36N4O6. The van der Waals surface area contributed by atoms with Crippen molar-refractivity contribution < 1.29 is 28.9 Å². The number of benzene rings is 4. The number of nitrogens with zero attached hydrogens (tertiary/aromatic N) is 2. The fraction of sp³-hybridized carbons (Fsp3) is 0.250. The highest BCUT2D eigenvalue weighted by molar-refractivity contribution is 5.92. The number of carbonyl (C=O) groups is 2. The summed E-state index contributed by atoms with van der Waals surface area (Å²) in [6, 6.07) is 31.0. The first-order chi connectivity index (χ1) is 22.5. The Hall–Kier alpha value is -5.03. The van der Waals surface area contributed by atoms with Crippen molar-refractivity contribution in [3.8, 4) is 0 Å². The van der Waals surface area contributed by atoms with E-state index in [-0.39, 0.29) is 18.8 Å². The Bertz CT molecular complexity index is 1760. The quantitative estimate of drug-likeness (QED) is 0.172. The number of nitrogens with one attached hydrogen (secondary N) is 2. The second-order valence-electron chi connectivity index (χ2n) is 11.2. The van der Waals surface area contributed by atoms with Gasteiger partial charge in [-0.3, -0.25) is 0 Å². The Kier molecular flexibility index (Phi) is 9.68. The molecule has 1 aliphatic rings. The number of imidazole rings is 1. The maximum absolute atomic E-state index is 12.9. The van der Waals surface area contributed by atoms with Gasteiger partial charge in [-0.05, 0) is 41.0 Å². The third kappa shape index (κ3) is 7.43. The summed E-state index contributed by atoms with van der Waals surface area (Å²) in [4.78, 5) is 29.7. The maximum atomic E-state index is 12.9. The predicted octanol–water partition coefficient (Wildman–Crippen LogP) is 5.68. The number of esters is 1. The molecule has 1 aromatic heterocycles. The molecule has 4 aromatic carbocycles. The third-order valence-electron chi connectivity index (χ3n) is 8.06. The number of urea groups is 1. The summed E-state index contributed by atoms with van der Waals surface area (Å²) >= 11 is 0. The molecule has 0 bridgehead atoms. The number of para-hydroxylation sites is 2. The molecule has 236 valence electrons. The topological polar surface area (TPSA) is 124 Å². The van der Waals surface area contributed by atoms with Crippen LogP contribution in [0.3, 0.4) is 0 Å². The molecule has 1 aliphatic heterocycles. The zero-order valence-electron chi connectivity index (χ0n) is 25.4. The molecule has 6 rings (SSSR count). The smallest absolute Gasteiger partial charge is 0.328 e. The highest BCUT2D eigenvalue weighted by Gasteiger charge is 2.33. The summed E-state index contributed by atoms with van der Waals surface area (Å²) in [6.07, 6.45) is 1.69. The molecule has 2 amide bonds. The summed E-state index contributed by atoms with van der Waals surface area (Å²) in [7, 11) is 1.30. The van der Waals surface area contributed by atoms with Crippen LogP contribution in [0.4, 0.5) is 10.5 Å². The minimum atomic E-state index is -0.844. The highest BCUT2D eigenvalue weighted by Crippen LogP contribution is 2.39. The Morgan fingerprint density at radius 3 is 2.37 bits per heavy atom. The number of amides is 2. The molecule has 1 saturated heterocycles. The van der Waals surface area contributed by atoms with Crippen LogP contribution in [0, 0.1) is 0 Å². The van der Waals surface area contributed by atoms with Crippen molar-refractivity contribution in [3.05, 3.63) is 132 Å². The fourth-order valence-corrected chi connectivity index (χ4v) is 5.64. The molecule has 10 nitrogen and oxygen atoms in total. The zero-order chi connectivity index (χ0) is 31.9. The zero-order valence-corrected chi connectivity index (χ0v) is 25.4. The van der Waals surface area contributed by atoms with E-state index in [2.05, 4.69) is 20.2 Å². The van der Waals surface area contributed by atoms with Crippen molar-refractivity contribution in [2.24, 2.45) is 0 Å². The molecule has 0 spiro atoms. The van der Waals surface area contributed by atoms with Crippen molar-refractivity contribution >= 4 is 28.7 Å². The van der Waals surface area contributed by atoms with Gasteiger partial charge in [0.15, 0.2) is 6.29 Å². The molecule has 0 radical (unpaired) electrons. The second-order valence-corrected chi connectivity index (χ2v) is 11.2. The lowest BCUT2D eigenvalue weighted by Gasteiger charge is -2.36. The van der Waals surface area contributed by atoms with Crippen LogP contribution in [0.25, 0.3) is 11.0 Å². The number of methoxy groups -OCH3 is 1. The van der Waals surface area contributed by atoms with E-state index in [1.54, 1.807) is 12.1 Å². The molecule has 1 fully saturated rings. The number of aliphatic hydroxyl groups excluding tert-OH is 1. The van der Waals surface area contributed by atoms with E-state index in [1.807, 2.05) is 97.3 Å². The van der Waals surface area contributed by atoms with E-state index in [0.717, 1.165) is 33.3 Å². The van der Waals surface area contributed by atoms with Crippen LogP contribution >= 0.6 is 0 Å². The second kappa shape index (κ2) is 14.4. The van der Waals surface area contributed by atoms with Crippen LogP contribution in [0.2, 0.25) is 0 Å². The Labute approximate surface area is 266 Å². The van der Waals surface area contributed by atoms with E-state index in [0.29, 0.717) is 25.1 Å². The average molecular weight is 621 g/mol. The van der Waals surface area contributed by atoms with Gasteiger partial charge in [-0.1, -0.05) is 78.9 Å². The molecular weight excluding hydrogens is 584 g/mol. The summed E-state index contributed by atoms with van der Waals surface area (Å²) in [5.41, 5.74) is 6.02. The van der Waals surface area contributed by atoms with Crippen LogP contribution in [0.1, 0.15) is 41.1 Å². The number of hydrogen-bond donors (Lipinski definition) is 3. The number of rotatable bonds is 10. The van der Waals surface area contributed by atoms with E-state index < -0.39 is 24.3 Å². The monoisotopic (exact) mass is 620 g/mol. The number of carbonyl (C=O) groups excluding carboxylic acids is 2. The molecule has 2 heterocycles. The third-order valence-corrected chi connectivity index (χ3v) is 8.06. The maximum Gasteiger partial charge on any atom is 0.328 e. The van der Waals surface area contributed by atoms with Gasteiger partial charge in [-0.15, -0.1) is 0 Å². The van der Waals surface area contributed by atoms with Crippen molar-refractivity contribution in [2.45, 2.75) is 50.5 Å². The van der Waals surface area contributed by atoms with Crippen molar-refractivity contribution in [2.75, 3.05) is 12.4 Å². The molecule has 0 unspecified atom stereocenters. The first kappa shape index (κ1) is 31.0. The van der Waals surface area contributed by atoms with Gasteiger partial charge in [-0.25, -0.2) is 14.6 Å². The molecule has 0 saturated carbocycles. The van der Waals surface area contributed by atoms with Crippen molar-refractivity contribution in [1.29, 1.82) is 0 Å². The molecule has 5 aromatic rings. The number of fused-ring (bicyclic) bond motifs is 1. The fourth-order valence-electron chi connectivity index (χ4n) is 5.64. The van der Waals surface area contributed by atoms with E-state index >= 15 is 0 Å². The van der Waals surface area contributed by atoms with E-state index in [1.165, 1.54) is 7.11 Å². The van der Waals surface area contributed by atoms with Gasteiger partial charge in [0.2, 0.25) is 0 Å². The summed E-state index contributed by atoms with van der Waals surface area (Å²) in [5.74, 6) is -0.528. The molecule has 0 aliphatic carbocycles. The predicted molar refractivity (Wildman–Crippen MR) is 173 cm³/mol. The van der Waals surface area contributed by atoms with Crippen LogP contribution in [-0.4, -0.2) is 45.9 Å². The molecule has 3 N–H and O–H groups in total. The SMILES string of the molecule is COC(=O)[C@H](Cc1ccccc1)NC(=O)Nc1ccc([C@H]2O[C@@H](Cn3cnc4ccccc43)C[C@@H](c3ccc(CO)cc3)O2)cc1. The van der Waals surface area contributed by atoms with Crippen molar-refractivity contribution in [3.63, 3.8) is 0 Å². The normalized spacial score (nSPS) is 18.5. The highest BCUT2D eigenvalue weighted by atomic mass is 16.7. The van der Waals surface area contributed by atoms with Gasteiger partial charge in [0.1, 0.15) is 6.04 Å². The lowest BCUT2D eigenvalue weighted by Crippen LogP contribution is -2.45. The van der Waals surface area contributed by atoms with Crippen LogP contribution in [-0.2, 0) is 38.6 Å². The largest absolute Gasteiger partial charge is 0.467 e. The average Bonchev–Trinajstić information content (AvgIpc) is 3.50. The van der Waals surface area contributed by atoms with Gasteiger partial charge in [0, 0.05) is 24.1 Å². The van der Waals surface area contributed by atoms with Crippen LogP contribution < -0.4 is 10.6 Å². The van der Waals surface area contributed by atoms with Crippen molar-refractivity contribution in [1.82, 2.24) is 14.9 Å². The summed E-state index contributed by atoms with van der Waals surface area (Å²) < 4.78 is 20.0. The Balaban J connectivity index is 1.16. The van der Waals surface area contributed by atoms with Crippen LogP contribution in [0.15, 0.2) is 109 Å². The number of anilines is 1. The first-order valence-electron chi connectivity index (χ1n) is 15.2. The number of aliphatic hydroxyl groups is 1. The van der Waals surface area contributed by atoms with Crippen LogP contribution in [0.5, 0.6) is 0 Å². The standard InChI is InChI=1S/C36H36N4O6/c1-44-34(42)31(19-24-7-3-2-4-8-24)39-36(43)38-28-17-15-27(16-18-28)35-45-29(21-40-23-37-30-9-5-6-10-32(30)40)20-33(46-35)26-13-11-25(22-41)12-14-26/h2-18,23,29,31,33,35,41H,19-22H2,1H3,(H2,38,39,43)/t29-,31+,33+,35+/m1/s1. The van der Waals surface area contributed by atoms with E-state index in [4.69, 9.17) is 14.2 Å². The molecule has 46 heavy (non-hydrogen) atoms. The van der Waals surface area contributed by atoms with Gasteiger partial charge in [-0.2, -0.15) is 0 Å². The minimum Gasteiger partial charge on any atom is -0.467 e. The van der Waals surface area contributed by atoms with E-state index in [9.17, 15) is 14.7 Å². The van der Waals surface area contributed by atoms with Gasteiger partial charge in [0.05, 0.1) is 49.8 Å². The number of aromatic nitrogens is 2. The number of ether oxygens (including phenoxy) is 3. The number of hydrogen-bond acceptors (Lipinski definition) is 7. The van der Waals surface area contributed by atoms with Gasteiger partial charge in [0.25, 0.3) is 0 Å². The summed E-state index contributed by atoms with van der Waals surface area (Å²) in [6.45, 7) is 0.568. The molecule has 10 heteroatoms.